The van der Waals surface area contributed by atoms with E-state index in [1.807, 2.05) is 13.0 Å². The predicted molar refractivity (Wildman–Crippen MR) is 76.8 cm³/mol. The zero-order chi connectivity index (χ0) is 14.6. The number of hydrogen-bond acceptors (Lipinski definition) is 3. The molecule has 0 saturated heterocycles. The van der Waals surface area contributed by atoms with Gasteiger partial charge in [-0.1, -0.05) is 13.3 Å². The van der Waals surface area contributed by atoms with Crippen LogP contribution in [0.4, 0.5) is 0 Å². The molecule has 19 heavy (non-hydrogen) atoms. The number of nitrogens with one attached hydrogen (secondary N) is 1. The van der Waals surface area contributed by atoms with Crippen LogP contribution in [-0.2, 0) is 11.2 Å². The number of carboxylic acids is 1. The molecule has 1 amide bonds. The summed E-state index contributed by atoms with van der Waals surface area (Å²) in [5.74, 6) is -1.10. The second-order valence-electron chi connectivity index (χ2n) is 5.31. The topological polar surface area (TPSA) is 66.4 Å². The van der Waals surface area contributed by atoms with Crippen LogP contribution in [0.1, 0.15) is 47.3 Å². The summed E-state index contributed by atoms with van der Waals surface area (Å²) in [7, 11) is 0. The van der Waals surface area contributed by atoms with Gasteiger partial charge in [-0.05, 0) is 38.8 Å². The molecule has 0 bridgehead atoms. The van der Waals surface area contributed by atoms with Gasteiger partial charge in [-0.2, -0.15) is 0 Å². The minimum Gasteiger partial charge on any atom is -0.481 e. The molecule has 5 heteroatoms. The van der Waals surface area contributed by atoms with E-state index in [0.29, 0.717) is 4.88 Å². The molecule has 0 radical (unpaired) electrons. The van der Waals surface area contributed by atoms with Crippen LogP contribution in [0, 0.1) is 12.3 Å². The number of amides is 1. The Morgan fingerprint density at radius 1 is 1.42 bits per heavy atom. The molecule has 0 aliphatic heterocycles. The standard InChI is InChI=1S/C14H21NO3S/c1-5-6-10-7-11(19-9(10)2)12(16)15-8-14(3,4)13(17)18/h7H,5-6,8H2,1-4H3,(H,15,16)(H,17,18). The summed E-state index contributed by atoms with van der Waals surface area (Å²) >= 11 is 1.46. The van der Waals surface area contributed by atoms with E-state index in [-0.39, 0.29) is 12.5 Å². The van der Waals surface area contributed by atoms with Crippen LogP contribution in [0.2, 0.25) is 0 Å². The Kier molecular flexibility index (Phi) is 5.11. The Hall–Kier alpha value is -1.36. The van der Waals surface area contributed by atoms with Crippen LogP contribution in [0.15, 0.2) is 6.07 Å². The third kappa shape index (κ3) is 4.06. The van der Waals surface area contributed by atoms with Crippen LogP contribution in [0.25, 0.3) is 0 Å². The Morgan fingerprint density at radius 3 is 2.58 bits per heavy atom. The molecular weight excluding hydrogens is 262 g/mol. The smallest absolute Gasteiger partial charge is 0.310 e. The molecule has 0 fully saturated rings. The predicted octanol–water partition coefficient (Wildman–Crippen LogP) is 2.85. The molecule has 0 atom stereocenters. The number of hydrogen-bond donors (Lipinski definition) is 2. The lowest BCUT2D eigenvalue weighted by atomic mass is 9.94. The fraction of sp³-hybridized carbons (Fsp3) is 0.571. The van der Waals surface area contributed by atoms with E-state index in [1.54, 1.807) is 13.8 Å². The molecule has 1 aromatic heterocycles. The first kappa shape index (κ1) is 15.7. The molecule has 1 heterocycles. The maximum atomic E-state index is 12.0. The number of thiophene rings is 1. The number of aryl methyl sites for hydroxylation is 2. The van der Waals surface area contributed by atoms with Gasteiger partial charge in [-0.3, -0.25) is 9.59 Å². The Balaban J connectivity index is 2.69. The van der Waals surface area contributed by atoms with Crippen molar-refractivity contribution in [1.29, 1.82) is 0 Å². The SMILES string of the molecule is CCCc1cc(C(=O)NCC(C)(C)C(=O)O)sc1C. The van der Waals surface area contributed by atoms with Crippen LogP contribution in [0.3, 0.4) is 0 Å². The van der Waals surface area contributed by atoms with Crippen LogP contribution in [-0.4, -0.2) is 23.5 Å². The summed E-state index contributed by atoms with van der Waals surface area (Å²) in [6, 6.07) is 1.91. The highest BCUT2D eigenvalue weighted by Crippen LogP contribution is 2.23. The number of carbonyl (C=O) groups excluding carboxylic acids is 1. The van der Waals surface area contributed by atoms with Crippen molar-refractivity contribution in [1.82, 2.24) is 5.32 Å². The molecule has 2 N–H and O–H groups in total. The van der Waals surface area contributed by atoms with Gasteiger partial charge in [0.15, 0.2) is 0 Å². The highest BCUT2D eigenvalue weighted by atomic mass is 32.1. The average molecular weight is 283 g/mol. The van der Waals surface area contributed by atoms with Crippen molar-refractivity contribution in [2.45, 2.75) is 40.5 Å². The van der Waals surface area contributed by atoms with Crippen molar-refractivity contribution in [3.63, 3.8) is 0 Å². The molecule has 0 unspecified atom stereocenters. The van der Waals surface area contributed by atoms with Crippen molar-refractivity contribution in [2.24, 2.45) is 5.41 Å². The zero-order valence-corrected chi connectivity index (χ0v) is 12.7. The van der Waals surface area contributed by atoms with Gasteiger partial charge in [0.25, 0.3) is 5.91 Å². The van der Waals surface area contributed by atoms with Gasteiger partial charge in [-0.25, -0.2) is 0 Å². The van der Waals surface area contributed by atoms with Gasteiger partial charge in [0.1, 0.15) is 0 Å². The van der Waals surface area contributed by atoms with Crippen molar-refractivity contribution < 1.29 is 14.7 Å². The summed E-state index contributed by atoms with van der Waals surface area (Å²) in [5.41, 5.74) is 0.254. The minimum atomic E-state index is -0.950. The maximum absolute atomic E-state index is 12.0. The number of carboxylic acid groups (broad SMARTS) is 1. The van der Waals surface area contributed by atoms with Gasteiger partial charge >= 0.3 is 5.97 Å². The molecule has 0 saturated carbocycles. The molecule has 0 aromatic carbocycles. The summed E-state index contributed by atoms with van der Waals surface area (Å²) in [5, 5.41) is 11.7. The minimum absolute atomic E-state index is 0.126. The average Bonchev–Trinajstić information content (AvgIpc) is 2.68. The highest BCUT2D eigenvalue weighted by Gasteiger charge is 2.28. The van der Waals surface area contributed by atoms with Crippen molar-refractivity contribution >= 4 is 23.2 Å². The van der Waals surface area contributed by atoms with E-state index >= 15 is 0 Å². The van der Waals surface area contributed by atoms with E-state index < -0.39 is 11.4 Å². The number of rotatable bonds is 6. The number of carbonyl (C=O) groups is 2. The summed E-state index contributed by atoms with van der Waals surface area (Å²) in [6.07, 6.45) is 2.01. The third-order valence-electron chi connectivity index (χ3n) is 3.03. The molecule has 4 nitrogen and oxygen atoms in total. The van der Waals surface area contributed by atoms with Gasteiger partial charge in [0.05, 0.1) is 10.3 Å². The molecule has 106 valence electrons. The fourth-order valence-electron chi connectivity index (χ4n) is 1.61. The summed E-state index contributed by atoms with van der Waals surface area (Å²) < 4.78 is 0. The lowest BCUT2D eigenvalue weighted by Crippen LogP contribution is -2.38. The van der Waals surface area contributed by atoms with E-state index in [1.165, 1.54) is 16.9 Å². The van der Waals surface area contributed by atoms with Crippen LogP contribution >= 0.6 is 11.3 Å². The first-order chi connectivity index (χ1) is 8.77. The van der Waals surface area contributed by atoms with Crippen LogP contribution in [0.5, 0.6) is 0 Å². The maximum Gasteiger partial charge on any atom is 0.310 e. The first-order valence-electron chi connectivity index (χ1n) is 6.39. The second kappa shape index (κ2) is 6.19. The van der Waals surface area contributed by atoms with Gasteiger partial charge in [0.2, 0.25) is 0 Å². The fourth-order valence-corrected chi connectivity index (χ4v) is 2.60. The van der Waals surface area contributed by atoms with E-state index in [0.717, 1.165) is 17.7 Å². The molecule has 1 rings (SSSR count). The second-order valence-corrected chi connectivity index (χ2v) is 6.57. The number of aliphatic carboxylic acids is 1. The van der Waals surface area contributed by atoms with Gasteiger partial charge in [0, 0.05) is 11.4 Å². The Labute approximate surface area is 117 Å². The van der Waals surface area contributed by atoms with E-state index in [4.69, 9.17) is 5.11 Å². The van der Waals surface area contributed by atoms with Crippen molar-refractivity contribution in [3.8, 4) is 0 Å². The van der Waals surface area contributed by atoms with Crippen molar-refractivity contribution in [3.05, 3.63) is 21.4 Å². The molecular formula is C14H21NO3S. The van der Waals surface area contributed by atoms with Gasteiger partial charge < -0.3 is 10.4 Å². The molecule has 0 aliphatic carbocycles. The molecule has 0 aliphatic rings. The zero-order valence-electron chi connectivity index (χ0n) is 11.9. The van der Waals surface area contributed by atoms with E-state index in [9.17, 15) is 9.59 Å². The normalized spacial score (nSPS) is 11.4. The molecule has 1 aromatic rings. The quantitative estimate of drug-likeness (QED) is 0.843. The van der Waals surface area contributed by atoms with Gasteiger partial charge in [-0.15, -0.1) is 11.3 Å². The monoisotopic (exact) mass is 283 g/mol. The Morgan fingerprint density at radius 2 is 2.05 bits per heavy atom. The lowest BCUT2D eigenvalue weighted by molar-refractivity contribution is -0.146. The largest absolute Gasteiger partial charge is 0.481 e. The first-order valence-corrected chi connectivity index (χ1v) is 7.20. The summed E-state index contributed by atoms with van der Waals surface area (Å²) in [4.78, 5) is 24.8. The van der Waals surface area contributed by atoms with Crippen LogP contribution < -0.4 is 5.32 Å². The summed E-state index contributed by atoms with van der Waals surface area (Å²) in [6.45, 7) is 7.43. The highest BCUT2D eigenvalue weighted by molar-refractivity contribution is 7.14. The molecule has 0 spiro atoms. The third-order valence-corrected chi connectivity index (χ3v) is 4.13. The van der Waals surface area contributed by atoms with E-state index in [2.05, 4.69) is 12.2 Å². The lowest BCUT2D eigenvalue weighted by Gasteiger charge is -2.19. The Bertz CT molecular complexity index is 477. The van der Waals surface area contributed by atoms with Crippen molar-refractivity contribution in [2.75, 3.05) is 6.54 Å².